The van der Waals surface area contributed by atoms with Gasteiger partial charge >= 0.3 is 12.0 Å². The number of benzene rings is 2. The van der Waals surface area contributed by atoms with Crippen molar-refractivity contribution >= 4 is 17.8 Å². The number of hydrogen-bond acceptors (Lipinski definition) is 5. The van der Waals surface area contributed by atoms with Gasteiger partial charge in [-0.1, -0.05) is 18.2 Å². The number of ether oxygens (including phenoxy) is 1. The van der Waals surface area contributed by atoms with Crippen molar-refractivity contribution in [3.05, 3.63) is 71.3 Å². The second kappa shape index (κ2) is 10.8. The van der Waals surface area contributed by atoms with E-state index >= 15 is 0 Å². The summed E-state index contributed by atoms with van der Waals surface area (Å²) in [6.45, 7) is 2.23. The molecule has 3 N–H and O–H groups in total. The highest BCUT2D eigenvalue weighted by Gasteiger charge is 2.35. The molecule has 0 spiro atoms. The lowest BCUT2D eigenvalue weighted by Crippen LogP contribution is -2.42. The molecule has 0 bridgehead atoms. The molecule has 1 aliphatic heterocycles. The SMILES string of the molecule is COCCN1CC(NC(=O)Nc2cc(-c3ccc(C(=O)O)cc3)nn2C)C(c2ccc(F)c(F)c2)C1. The zero-order valence-corrected chi connectivity index (χ0v) is 19.9. The van der Waals surface area contributed by atoms with Crippen molar-refractivity contribution in [2.75, 3.05) is 38.7 Å². The Morgan fingerprint density at radius 2 is 1.86 bits per heavy atom. The molecule has 2 unspecified atom stereocenters. The number of likely N-dealkylation sites (tertiary alicyclic amines) is 1. The van der Waals surface area contributed by atoms with E-state index in [1.165, 1.54) is 22.9 Å². The van der Waals surface area contributed by atoms with Crippen molar-refractivity contribution < 1.29 is 28.2 Å². The first-order chi connectivity index (χ1) is 17.2. The van der Waals surface area contributed by atoms with E-state index in [-0.39, 0.29) is 17.5 Å². The van der Waals surface area contributed by atoms with Crippen molar-refractivity contribution in [2.24, 2.45) is 7.05 Å². The molecule has 2 heterocycles. The largest absolute Gasteiger partial charge is 0.478 e. The quantitative estimate of drug-likeness (QED) is 0.439. The van der Waals surface area contributed by atoms with Crippen LogP contribution in [0.5, 0.6) is 0 Å². The highest BCUT2D eigenvalue weighted by molar-refractivity contribution is 5.90. The Hall–Kier alpha value is -3.83. The minimum Gasteiger partial charge on any atom is -0.478 e. The molecule has 11 heteroatoms. The number of anilines is 1. The summed E-state index contributed by atoms with van der Waals surface area (Å²) in [5.41, 5.74) is 2.04. The van der Waals surface area contributed by atoms with Crippen LogP contribution in [0, 0.1) is 11.6 Å². The Labute approximate surface area is 206 Å². The third kappa shape index (κ3) is 5.69. The summed E-state index contributed by atoms with van der Waals surface area (Å²) in [6.07, 6.45) is 0. The number of aryl methyl sites for hydroxylation is 1. The molecule has 1 fully saturated rings. The predicted octanol–water partition coefficient (Wildman–Crippen LogP) is 3.30. The molecular formula is C25H27F2N5O4. The van der Waals surface area contributed by atoms with Crippen LogP contribution in [0.25, 0.3) is 11.3 Å². The second-order valence-corrected chi connectivity index (χ2v) is 8.66. The van der Waals surface area contributed by atoms with Crippen LogP contribution >= 0.6 is 0 Å². The van der Waals surface area contributed by atoms with Crippen molar-refractivity contribution in [3.63, 3.8) is 0 Å². The van der Waals surface area contributed by atoms with Gasteiger partial charge in [0.2, 0.25) is 0 Å². The number of hydrogen-bond donors (Lipinski definition) is 3. The average Bonchev–Trinajstić information content (AvgIpc) is 3.42. The summed E-state index contributed by atoms with van der Waals surface area (Å²) in [7, 11) is 3.28. The number of rotatable bonds is 8. The van der Waals surface area contributed by atoms with Crippen LogP contribution in [0.1, 0.15) is 21.8 Å². The molecule has 0 saturated carbocycles. The van der Waals surface area contributed by atoms with Crippen LogP contribution in [0.2, 0.25) is 0 Å². The van der Waals surface area contributed by atoms with Gasteiger partial charge in [0.25, 0.3) is 0 Å². The highest BCUT2D eigenvalue weighted by Crippen LogP contribution is 2.29. The number of aromatic nitrogens is 2. The topological polar surface area (TPSA) is 109 Å². The normalized spacial score (nSPS) is 17.8. The Balaban J connectivity index is 1.47. The monoisotopic (exact) mass is 499 g/mol. The van der Waals surface area contributed by atoms with Crippen LogP contribution in [-0.4, -0.2) is 71.2 Å². The zero-order valence-electron chi connectivity index (χ0n) is 19.9. The molecule has 9 nitrogen and oxygen atoms in total. The van der Waals surface area contributed by atoms with E-state index in [1.54, 1.807) is 38.4 Å². The molecule has 1 aliphatic rings. The molecule has 3 aromatic rings. The van der Waals surface area contributed by atoms with Crippen LogP contribution in [-0.2, 0) is 11.8 Å². The number of carboxylic acid groups (broad SMARTS) is 1. The third-order valence-corrected chi connectivity index (χ3v) is 6.24. The zero-order chi connectivity index (χ0) is 25.8. The van der Waals surface area contributed by atoms with Gasteiger partial charge in [-0.3, -0.25) is 14.9 Å². The van der Waals surface area contributed by atoms with Gasteiger partial charge in [0, 0.05) is 51.3 Å². The number of carbonyl (C=O) groups is 2. The highest BCUT2D eigenvalue weighted by atomic mass is 19.2. The summed E-state index contributed by atoms with van der Waals surface area (Å²) in [5, 5.41) is 19.2. The molecule has 2 aromatic carbocycles. The van der Waals surface area contributed by atoms with Crippen LogP contribution in [0.3, 0.4) is 0 Å². The fraction of sp³-hybridized carbons (Fsp3) is 0.320. The van der Waals surface area contributed by atoms with Gasteiger partial charge in [-0.15, -0.1) is 0 Å². The summed E-state index contributed by atoms with van der Waals surface area (Å²) >= 11 is 0. The van der Waals surface area contributed by atoms with Crippen molar-refractivity contribution in [2.45, 2.75) is 12.0 Å². The Morgan fingerprint density at radius 1 is 1.11 bits per heavy atom. The van der Waals surface area contributed by atoms with E-state index < -0.39 is 23.6 Å². The lowest BCUT2D eigenvalue weighted by Gasteiger charge is -2.20. The van der Waals surface area contributed by atoms with E-state index in [4.69, 9.17) is 9.84 Å². The van der Waals surface area contributed by atoms with E-state index in [0.717, 1.165) is 6.07 Å². The van der Waals surface area contributed by atoms with Crippen LogP contribution < -0.4 is 10.6 Å². The van der Waals surface area contributed by atoms with E-state index in [2.05, 4.69) is 20.6 Å². The lowest BCUT2D eigenvalue weighted by atomic mass is 9.94. The van der Waals surface area contributed by atoms with Crippen molar-refractivity contribution in [1.82, 2.24) is 20.0 Å². The van der Waals surface area contributed by atoms with Gasteiger partial charge < -0.3 is 15.2 Å². The van der Waals surface area contributed by atoms with Crippen LogP contribution in [0.4, 0.5) is 19.4 Å². The number of nitrogens with zero attached hydrogens (tertiary/aromatic N) is 3. The van der Waals surface area contributed by atoms with Gasteiger partial charge in [-0.2, -0.15) is 5.10 Å². The van der Waals surface area contributed by atoms with Crippen molar-refractivity contribution in [1.29, 1.82) is 0 Å². The minimum absolute atomic E-state index is 0.166. The number of amides is 2. The smallest absolute Gasteiger partial charge is 0.335 e. The minimum atomic E-state index is -1.02. The fourth-order valence-corrected chi connectivity index (χ4v) is 4.34. The number of halogens is 2. The van der Waals surface area contributed by atoms with E-state index in [0.29, 0.717) is 48.9 Å². The van der Waals surface area contributed by atoms with Gasteiger partial charge in [-0.05, 0) is 29.8 Å². The maximum absolute atomic E-state index is 13.9. The molecule has 190 valence electrons. The molecule has 1 aromatic heterocycles. The fourth-order valence-electron chi connectivity index (χ4n) is 4.34. The molecule has 36 heavy (non-hydrogen) atoms. The molecule has 0 aliphatic carbocycles. The number of aromatic carboxylic acids is 1. The number of carbonyl (C=O) groups excluding carboxylic acids is 1. The molecule has 0 radical (unpaired) electrons. The standard InChI is InChI=1S/C25H27F2N5O4/c1-31-23(12-21(30-31)15-3-5-16(6-4-15)24(33)34)29-25(35)28-22-14-32(9-10-36-2)13-18(22)17-7-8-19(26)20(27)11-17/h3-8,11-12,18,22H,9-10,13-14H2,1-2H3,(H,33,34)(H2,28,29,35). The number of carboxylic acids is 1. The maximum Gasteiger partial charge on any atom is 0.335 e. The lowest BCUT2D eigenvalue weighted by molar-refractivity contribution is 0.0697. The maximum atomic E-state index is 13.9. The first-order valence-corrected chi connectivity index (χ1v) is 11.4. The predicted molar refractivity (Wildman–Crippen MR) is 129 cm³/mol. The Bertz CT molecular complexity index is 1250. The number of nitrogens with one attached hydrogen (secondary N) is 2. The summed E-state index contributed by atoms with van der Waals surface area (Å²) in [5.74, 6) is -2.67. The second-order valence-electron chi connectivity index (χ2n) is 8.66. The first kappa shape index (κ1) is 25.3. The Morgan fingerprint density at radius 3 is 2.53 bits per heavy atom. The molecule has 2 amide bonds. The van der Waals surface area contributed by atoms with Gasteiger partial charge in [0.15, 0.2) is 11.6 Å². The summed E-state index contributed by atoms with van der Waals surface area (Å²) < 4.78 is 34.1. The number of methoxy groups -OCH3 is 1. The van der Waals surface area contributed by atoms with Gasteiger partial charge in [0.1, 0.15) is 5.82 Å². The molecule has 1 saturated heterocycles. The average molecular weight is 500 g/mol. The Kier molecular flexibility index (Phi) is 7.61. The van der Waals surface area contributed by atoms with Gasteiger partial charge in [-0.25, -0.2) is 18.4 Å². The molecular weight excluding hydrogens is 472 g/mol. The van der Waals surface area contributed by atoms with Crippen molar-refractivity contribution in [3.8, 4) is 11.3 Å². The summed E-state index contributed by atoms with van der Waals surface area (Å²) in [6, 6.07) is 11.0. The number of urea groups is 1. The summed E-state index contributed by atoms with van der Waals surface area (Å²) in [4.78, 5) is 26.1. The first-order valence-electron chi connectivity index (χ1n) is 11.4. The third-order valence-electron chi connectivity index (χ3n) is 6.24. The van der Waals surface area contributed by atoms with Crippen LogP contribution in [0.15, 0.2) is 48.5 Å². The van der Waals surface area contributed by atoms with E-state index in [9.17, 15) is 18.4 Å². The van der Waals surface area contributed by atoms with E-state index in [1.807, 2.05) is 0 Å². The molecule has 2 atom stereocenters. The molecule has 4 rings (SSSR count). The van der Waals surface area contributed by atoms with Gasteiger partial charge in [0.05, 0.1) is 23.9 Å².